The number of nitrogens with zero attached hydrogens (tertiary/aromatic N) is 6. The molecule has 0 bridgehead atoms. The van der Waals surface area contributed by atoms with Crippen molar-refractivity contribution in [2.75, 3.05) is 48.7 Å². The molecule has 0 unspecified atom stereocenters. The molecule has 1 aromatic carbocycles. The van der Waals surface area contributed by atoms with Crippen LogP contribution < -0.4 is 16.0 Å². The number of esters is 1. The van der Waals surface area contributed by atoms with Gasteiger partial charge in [0.25, 0.3) is 0 Å². The lowest BCUT2D eigenvalue weighted by molar-refractivity contribution is 0.0526. The molecule has 0 spiro atoms. The average molecular weight is 452 g/mol. The largest absolute Gasteiger partial charge is 0.462 e. The Morgan fingerprint density at radius 2 is 1.85 bits per heavy atom. The van der Waals surface area contributed by atoms with Gasteiger partial charge in [0, 0.05) is 38.1 Å². The number of benzene rings is 1. The van der Waals surface area contributed by atoms with Gasteiger partial charge in [0.1, 0.15) is 17.5 Å². The van der Waals surface area contributed by atoms with Crippen LogP contribution in [0.25, 0.3) is 0 Å². The second-order valence-corrected chi connectivity index (χ2v) is 7.45. The summed E-state index contributed by atoms with van der Waals surface area (Å²) in [5.74, 6) is 1.12. The van der Waals surface area contributed by atoms with Crippen LogP contribution >= 0.6 is 0 Å². The molecule has 0 amide bonds. The van der Waals surface area contributed by atoms with E-state index in [9.17, 15) is 9.18 Å². The van der Waals surface area contributed by atoms with E-state index in [0.717, 1.165) is 32.0 Å². The molecule has 10 nitrogen and oxygen atoms in total. The highest BCUT2D eigenvalue weighted by atomic mass is 19.1. The zero-order valence-electron chi connectivity index (χ0n) is 18.2. The van der Waals surface area contributed by atoms with E-state index in [1.165, 1.54) is 12.1 Å². The second-order valence-electron chi connectivity index (χ2n) is 7.45. The number of anilines is 4. The molecule has 3 aromatic rings. The quantitative estimate of drug-likeness (QED) is 0.516. The van der Waals surface area contributed by atoms with Crippen molar-refractivity contribution in [3.05, 3.63) is 59.8 Å². The number of hydrogen-bond acceptors (Lipinski definition) is 10. The molecular formula is C22H25FN8O2. The minimum Gasteiger partial charge on any atom is -0.462 e. The molecule has 3 heterocycles. The molecule has 3 N–H and O–H groups in total. The van der Waals surface area contributed by atoms with Crippen molar-refractivity contribution in [2.24, 2.45) is 0 Å². The predicted octanol–water partition coefficient (Wildman–Crippen LogP) is 2.23. The van der Waals surface area contributed by atoms with E-state index in [1.807, 2.05) is 6.07 Å². The molecule has 0 saturated carbocycles. The van der Waals surface area contributed by atoms with Gasteiger partial charge in [-0.2, -0.15) is 15.0 Å². The summed E-state index contributed by atoms with van der Waals surface area (Å²) in [5.41, 5.74) is 6.96. The summed E-state index contributed by atoms with van der Waals surface area (Å²) in [7, 11) is 0. The molecule has 1 aliphatic heterocycles. The summed E-state index contributed by atoms with van der Waals surface area (Å²) in [6.45, 7) is 5.74. The minimum absolute atomic E-state index is 0.120. The lowest BCUT2D eigenvalue weighted by atomic mass is 10.2. The second kappa shape index (κ2) is 10.2. The van der Waals surface area contributed by atoms with Crippen molar-refractivity contribution in [3.63, 3.8) is 0 Å². The number of nitrogens with one attached hydrogen (secondary N) is 1. The third-order valence-electron chi connectivity index (χ3n) is 5.12. The van der Waals surface area contributed by atoms with Gasteiger partial charge in [0.05, 0.1) is 18.7 Å². The van der Waals surface area contributed by atoms with Crippen LogP contribution in [0.4, 0.5) is 27.8 Å². The number of halogens is 1. The number of hydrogen-bond donors (Lipinski definition) is 2. The average Bonchev–Trinajstić information content (AvgIpc) is 2.81. The Morgan fingerprint density at radius 1 is 1.09 bits per heavy atom. The lowest BCUT2D eigenvalue weighted by Gasteiger charge is -2.35. The molecule has 1 saturated heterocycles. The Kier molecular flexibility index (Phi) is 6.89. The van der Waals surface area contributed by atoms with Crippen LogP contribution in [-0.4, -0.2) is 63.6 Å². The van der Waals surface area contributed by atoms with Crippen LogP contribution in [0.5, 0.6) is 0 Å². The fourth-order valence-corrected chi connectivity index (χ4v) is 3.47. The van der Waals surface area contributed by atoms with Gasteiger partial charge in [-0.05, 0) is 43.3 Å². The first-order valence-corrected chi connectivity index (χ1v) is 10.6. The number of aromatic nitrogens is 4. The number of nitrogens with two attached hydrogens (primary N) is 1. The van der Waals surface area contributed by atoms with E-state index < -0.39 is 0 Å². The van der Waals surface area contributed by atoms with Gasteiger partial charge < -0.3 is 20.7 Å². The summed E-state index contributed by atoms with van der Waals surface area (Å²) in [5, 5.41) is 3.02. The molecule has 0 atom stereocenters. The van der Waals surface area contributed by atoms with Crippen LogP contribution in [0, 0.1) is 5.82 Å². The highest BCUT2D eigenvalue weighted by Gasteiger charge is 2.20. The highest BCUT2D eigenvalue weighted by molar-refractivity contribution is 5.89. The van der Waals surface area contributed by atoms with Crippen LogP contribution in [0.3, 0.4) is 0 Å². The molecule has 0 radical (unpaired) electrons. The van der Waals surface area contributed by atoms with Crippen molar-refractivity contribution in [1.82, 2.24) is 24.8 Å². The van der Waals surface area contributed by atoms with E-state index >= 15 is 0 Å². The zero-order valence-corrected chi connectivity index (χ0v) is 18.2. The minimum atomic E-state index is -0.369. The molecule has 11 heteroatoms. The van der Waals surface area contributed by atoms with Gasteiger partial charge in [0.15, 0.2) is 0 Å². The topological polar surface area (TPSA) is 122 Å². The number of ether oxygens (including phenoxy) is 1. The maximum absolute atomic E-state index is 13.1. The van der Waals surface area contributed by atoms with Gasteiger partial charge in [-0.3, -0.25) is 4.90 Å². The SMILES string of the molecule is CCOC(=O)c1ccc(N2CCN(Cc3nc(N)nc(Nc4ccc(F)cc4)n3)CC2)nc1. The van der Waals surface area contributed by atoms with Crippen LogP contribution in [-0.2, 0) is 11.3 Å². The van der Waals surface area contributed by atoms with Crippen LogP contribution in [0.15, 0.2) is 42.6 Å². The summed E-state index contributed by atoms with van der Waals surface area (Å²) in [6.07, 6.45) is 1.54. The number of carbonyl (C=O) groups is 1. The Labute approximate surface area is 190 Å². The van der Waals surface area contributed by atoms with E-state index in [4.69, 9.17) is 10.5 Å². The Bertz CT molecular complexity index is 1090. The number of pyridine rings is 1. The fourth-order valence-electron chi connectivity index (χ4n) is 3.47. The summed E-state index contributed by atoms with van der Waals surface area (Å²) >= 11 is 0. The van der Waals surface area contributed by atoms with Gasteiger partial charge >= 0.3 is 5.97 Å². The maximum Gasteiger partial charge on any atom is 0.339 e. The summed E-state index contributed by atoms with van der Waals surface area (Å²) in [6, 6.07) is 9.47. The molecule has 4 rings (SSSR count). The van der Waals surface area contributed by atoms with Crippen LogP contribution in [0.1, 0.15) is 23.1 Å². The zero-order chi connectivity index (χ0) is 23.2. The van der Waals surface area contributed by atoms with E-state index in [0.29, 0.717) is 36.2 Å². The van der Waals surface area contributed by atoms with Crippen molar-refractivity contribution < 1.29 is 13.9 Å². The number of nitrogen functional groups attached to an aromatic ring is 1. The van der Waals surface area contributed by atoms with Crippen molar-refractivity contribution >= 4 is 29.4 Å². The third kappa shape index (κ3) is 5.89. The van der Waals surface area contributed by atoms with Crippen molar-refractivity contribution in [2.45, 2.75) is 13.5 Å². The molecule has 0 aliphatic carbocycles. The monoisotopic (exact) mass is 452 g/mol. The summed E-state index contributed by atoms with van der Waals surface area (Å²) < 4.78 is 18.1. The fraction of sp³-hybridized carbons (Fsp3) is 0.318. The molecular weight excluding hydrogens is 427 g/mol. The highest BCUT2D eigenvalue weighted by Crippen LogP contribution is 2.17. The molecule has 1 fully saturated rings. The molecule has 1 aliphatic rings. The Balaban J connectivity index is 1.33. The Hall–Kier alpha value is -3.86. The third-order valence-corrected chi connectivity index (χ3v) is 5.12. The standard InChI is InChI=1S/C22H25FN8O2/c1-2-33-20(32)15-3-8-19(25-13-15)31-11-9-30(10-12-31)14-18-27-21(24)29-22(28-18)26-17-6-4-16(23)5-7-17/h3-8,13H,2,9-12,14H2,1H3,(H3,24,26,27,28,29). The van der Waals surface area contributed by atoms with Crippen LogP contribution in [0.2, 0.25) is 0 Å². The van der Waals surface area contributed by atoms with Gasteiger partial charge in [0.2, 0.25) is 11.9 Å². The number of rotatable bonds is 7. The molecule has 2 aromatic heterocycles. The summed E-state index contributed by atoms with van der Waals surface area (Å²) in [4.78, 5) is 33.4. The smallest absolute Gasteiger partial charge is 0.339 e. The van der Waals surface area contributed by atoms with Gasteiger partial charge in [-0.15, -0.1) is 0 Å². The number of piperazine rings is 1. The van der Waals surface area contributed by atoms with Crippen molar-refractivity contribution in [3.8, 4) is 0 Å². The van der Waals surface area contributed by atoms with E-state index in [2.05, 4.69) is 35.1 Å². The van der Waals surface area contributed by atoms with E-state index in [-0.39, 0.29) is 17.7 Å². The lowest BCUT2D eigenvalue weighted by Crippen LogP contribution is -2.46. The van der Waals surface area contributed by atoms with E-state index in [1.54, 1.807) is 31.3 Å². The van der Waals surface area contributed by atoms with Gasteiger partial charge in [-0.25, -0.2) is 14.2 Å². The maximum atomic E-state index is 13.1. The number of carbonyl (C=O) groups excluding carboxylic acids is 1. The first kappa shape index (κ1) is 22.3. The normalized spacial score (nSPS) is 14.2. The molecule has 172 valence electrons. The predicted molar refractivity (Wildman–Crippen MR) is 122 cm³/mol. The first-order chi connectivity index (χ1) is 16.0. The first-order valence-electron chi connectivity index (χ1n) is 10.6. The van der Waals surface area contributed by atoms with Gasteiger partial charge in [-0.1, -0.05) is 0 Å². The molecule has 33 heavy (non-hydrogen) atoms. The van der Waals surface area contributed by atoms with Crippen molar-refractivity contribution in [1.29, 1.82) is 0 Å². The Morgan fingerprint density at radius 3 is 2.52 bits per heavy atom.